The highest BCUT2D eigenvalue weighted by molar-refractivity contribution is 5.79. The number of nitrogens with one attached hydrogen (secondary N) is 1. The van der Waals surface area contributed by atoms with Crippen molar-refractivity contribution >= 4 is 17.6 Å². The molecule has 164 valence electrons. The van der Waals surface area contributed by atoms with E-state index in [1.807, 2.05) is 25.1 Å². The van der Waals surface area contributed by atoms with Crippen LogP contribution in [-0.2, 0) is 16.0 Å². The third kappa shape index (κ3) is 4.84. The zero-order chi connectivity index (χ0) is 22.0. The van der Waals surface area contributed by atoms with Crippen molar-refractivity contribution in [1.29, 1.82) is 0 Å². The number of likely N-dealkylation sites (tertiary alicyclic amines) is 2. The number of carbonyl (C=O) groups excluding carboxylic acids is 2. The van der Waals surface area contributed by atoms with Crippen LogP contribution in [-0.4, -0.2) is 65.3 Å². The van der Waals surface area contributed by atoms with E-state index < -0.39 is 0 Å². The molecule has 0 spiro atoms. The van der Waals surface area contributed by atoms with Gasteiger partial charge in [0.25, 0.3) is 0 Å². The van der Waals surface area contributed by atoms with Gasteiger partial charge in [-0.3, -0.25) is 9.59 Å². The van der Waals surface area contributed by atoms with E-state index in [0.29, 0.717) is 31.6 Å². The van der Waals surface area contributed by atoms with Gasteiger partial charge in [-0.2, -0.15) is 0 Å². The van der Waals surface area contributed by atoms with Crippen LogP contribution in [0.3, 0.4) is 0 Å². The molecule has 0 unspecified atom stereocenters. The van der Waals surface area contributed by atoms with Gasteiger partial charge in [0.05, 0.1) is 12.1 Å². The minimum Gasteiger partial charge on any atom is -0.373 e. The highest BCUT2D eigenvalue weighted by atomic mass is 19.1. The molecule has 8 heteroatoms. The van der Waals surface area contributed by atoms with E-state index in [2.05, 4.69) is 10.3 Å². The van der Waals surface area contributed by atoms with Crippen molar-refractivity contribution in [2.45, 2.75) is 37.5 Å². The molecule has 1 aromatic carbocycles. The summed E-state index contributed by atoms with van der Waals surface area (Å²) >= 11 is 0. The molecule has 4 rings (SSSR count). The number of hydrogen-bond acceptors (Lipinski definition) is 5. The summed E-state index contributed by atoms with van der Waals surface area (Å²) in [6.07, 6.45) is 2.25. The summed E-state index contributed by atoms with van der Waals surface area (Å²) in [5.41, 5.74) is 1.59. The van der Waals surface area contributed by atoms with Crippen LogP contribution in [0, 0.1) is 5.82 Å². The summed E-state index contributed by atoms with van der Waals surface area (Å²) in [7, 11) is 3.65. The quantitative estimate of drug-likeness (QED) is 0.797. The number of benzene rings is 1. The van der Waals surface area contributed by atoms with Gasteiger partial charge in [-0.05, 0) is 30.5 Å². The van der Waals surface area contributed by atoms with E-state index in [9.17, 15) is 14.0 Å². The lowest BCUT2D eigenvalue weighted by Crippen LogP contribution is -2.39. The average Bonchev–Trinajstić information content (AvgIpc) is 3.12. The number of piperidine rings is 1. The van der Waals surface area contributed by atoms with Gasteiger partial charge in [0.15, 0.2) is 0 Å². The number of halogens is 1. The second-order valence-corrected chi connectivity index (χ2v) is 8.42. The minimum absolute atomic E-state index is 0.0159. The first-order valence-corrected chi connectivity index (χ1v) is 10.8. The van der Waals surface area contributed by atoms with Crippen molar-refractivity contribution in [1.82, 2.24) is 19.8 Å². The molecule has 3 heterocycles. The van der Waals surface area contributed by atoms with Crippen molar-refractivity contribution in [3.63, 3.8) is 0 Å². The number of carbonyl (C=O) groups is 2. The van der Waals surface area contributed by atoms with E-state index in [0.717, 1.165) is 30.2 Å². The average molecular weight is 426 g/mol. The van der Waals surface area contributed by atoms with E-state index >= 15 is 0 Å². The third-order valence-electron chi connectivity index (χ3n) is 6.24. The molecule has 0 aliphatic carbocycles. The Hall–Kier alpha value is -3.03. The molecular formula is C23H28FN5O2. The Morgan fingerprint density at radius 3 is 2.61 bits per heavy atom. The zero-order valence-corrected chi connectivity index (χ0v) is 18.0. The fourth-order valence-electron chi connectivity index (χ4n) is 4.39. The molecule has 2 aromatic rings. The molecule has 7 nitrogen and oxygen atoms in total. The highest BCUT2D eigenvalue weighted by Gasteiger charge is 2.31. The van der Waals surface area contributed by atoms with E-state index in [-0.39, 0.29) is 35.9 Å². The summed E-state index contributed by atoms with van der Waals surface area (Å²) in [5, 5.41) is 3.11. The normalized spacial score (nSPS) is 19.7. The van der Waals surface area contributed by atoms with Crippen LogP contribution in [0.4, 0.5) is 10.2 Å². The van der Waals surface area contributed by atoms with E-state index in [4.69, 9.17) is 4.98 Å². The molecule has 1 atom stereocenters. The van der Waals surface area contributed by atoms with Crippen molar-refractivity contribution in [2.75, 3.05) is 39.0 Å². The van der Waals surface area contributed by atoms with E-state index in [1.165, 1.54) is 12.1 Å². The second-order valence-electron chi connectivity index (χ2n) is 8.42. The van der Waals surface area contributed by atoms with Crippen molar-refractivity contribution in [2.24, 2.45) is 0 Å². The Morgan fingerprint density at radius 1 is 1.19 bits per heavy atom. The monoisotopic (exact) mass is 425 g/mol. The van der Waals surface area contributed by atoms with Gasteiger partial charge >= 0.3 is 0 Å². The van der Waals surface area contributed by atoms with Crippen LogP contribution in [0.2, 0.25) is 0 Å². The number of hydrogen-bond donors (Lipinski definition) is 1. The van der Waals surface area contributed by atoms with Crippen LogP contribution in [0.1, 0.15) is 48.2 Å². The van der Waals surface area contributed by atoms with Gasteiger partial charge in [0, 0.05) is 58.1 Å². The molecule has 1 N–H and O–H groups in total. The number of amides is 2. The van der Waals surface area contributed by atoms with Crippen molar-refractivity contribution < 1.29 is 14.0 Å². The number of nitrogens with zero attached hydrogens (tertiary/aromatic N) is 4. The summed E-state index contributed by atoms with van der Waals surface area (Å²) in [4.78, 5) is 37.7. The SMILES string of the molecule is CNc1cc([C@H]2CC(=O)N(C)C2)nc(C2CCN(C(=O)Cc3cccc(F)c3)CC2)n1. The largest absolute Gasteiger partial charge is 0.373 e. The maximum Gasteiger partial charge on any atom is 0.226 e. The molecular weight excluding hydrogens is 397 g/mol. The Balaban J connectivity index is 1.41. The van der Waals surface area contributed by atoms with Gasteiger partial charge < -0.3 is 15.1 Å². The number of likely N-dealkylation sites (N-methyl/N-ethyl adjacent to an activating group) is 1. The minimum atomic E-state index is -0.323. The maximum atomic E-state index is 13.4. The lowest BCUT2D eigenvalue weighted by atomic mass is 9.94. The molecule has 2 aliphatic rings. The number of rotatable bonds is 5. The molecule has 2 fully saturated rings. The number of anilines is 1. The molecule has 2 saturated heterocycles. The summed E-state index contributed by atoms with van der Waals surface area (Å²) in [6.45, 7) is 1.93. The molecule has 2 amide bonds. The van der Waals surface area contributed by atoms with E-state index in [1.54, 1.807) is 17.0 Å². The smallest absolute Gasteiger partial charge is 0.226 e. The van der Waals surface area contributed by atoms with Crippen LogP contribution in [0.5, 0.6) is 0 Å². The van der Waals surface area contributed by atoms with Gasteiger partial charge in [-0.25, -0.2) is 14.4 Å². The van der Waals surface area contributed by atoms with Crippen LogP contribution in [0.25, 0.3) is 0 Å². The Kier molecular flexibility index (Phi) is 6.15. The third-order valence-corrected chi connectivity index (χ3v) is 6.24. The van der Waals surface area contributed by atoms with Gasteiger partial charge in [0.2, 0.25) is 11.8 Å². The molecule has 2 aliphatic heterocycles. The first kappa shape index (κ1) is 21.2. The standard InChI is InChI=1S/C23H28FN5O2/c1-25-20-13-19(17-12-21(30)28(2)14-17)26-23(27-20)16-6-8-29(9-7-16)22(31)11-15-4-3-5-18(24)10-15/h3-5,10,13,16-17H,6-9,11-12,14H2,1-2H3,(H,25,26,27)/t17-/m0/s1. The molecule has 1 aromatic heterocycles. The predicted octanol–water partition coefficient (Wildman–Crippen LogP) is 2.55. The fraction of sp³-hybridized carbons (Fsp3) is 0.478. The van der Waals surface area contributed by atoms with Crippen molar-refractivity contribution in [3.8, 4) is 0 Å². The van der Waals surface area contributed by atoms with Crippen molar-refractivity contribution in [3.05, 3.63) is 53.2 Å². The lowest BCUT2D eigenvalue weighted by molar-refractivity contribution is -0.131. The first-order chi connectivity index (χ1) is 14.9. The zero-order valence-electron chi connectivity index (χ0n) is 18.0. The van der Waals surface area contributed by atoms with Crippen LogP contribution >= 0.6 is 0 Å². The lowest BCUT2D eigenvalue weighted by Gasteiger charge is -2.31. The van der Waals surface area contributed by atoms with Crippen LogP contribution < -0.4 is 5.32 Å². The Morgan fingerprint density at radius 2 is 1.97 bits per heavy atom. The Bertz CT molecular complexity index is 974. The maximum absolute atomic E-state index is 13.4. The first-order valence-electron chi connectivity index (χ1n) is 10.8. The second kappa shape index (κ2) is 8.99. The molecule has 31 heavy (non-hydrogen) atoms. The van der Waals surface area contributed by atoms with Gasteiger partial charge in [0.1, 0.15) is 17.5 Å². The fourth-order valence-corrected chi connectivity index (χ4v) is 4.39. The topological polar surface area (TPSA) is 78.4 Å². The highest BCUT2D eigenvalue weighted by Crippen LogP contribution is 2.31. The summed E-state index contributed by atoms with van der Waals surface area (Å²) in [6, 6.07) is 8.13. The summed E-state index contributed by atoms with van der Waals surface area (Å²) < 4.78 is 13.4. The molecule has 0 bridgehead atoms. The molecule has 0 radical (unpaired) electrons. The van der Waals surface area contributed by atoms with Gasteiger partial charge in [-0.1, -0.05) is 12.1 Å². The number of aromatic nitrogens is 2. The Labute approximate surface area is 181 Å². The van der Waals surface area contributed by atoms with Crippen LogP contribution in [0.15, 0.2) is 30.3 Å². The summed E-state index contributed by atoms with van der Waals surface area (Å²) in [5.74, 6) is 1.62. The molecule has 0 saturated carbocycles. The predicted molar refractivity (Wildman–Crippen MR) is 115 cm³/mol. The van der Waals surface area contributed by atoms with Gasteiger partial charge in [-0.15, -0.1) is 0 Å².